The van der Waals surface area contributed by atoms with E-state index in [1.165, 1.54) is 34.4 Å². The number of rotatable bonds is 11. The Morgan fingerprint density at radius 2 is 1.44 bits per heavy atom. The van der Waals surface area contributed by atoms with E-state index in [9.17, 15) is 0 Å². The van der Waals surface area contributed by atoms with Crippen LogP contribution in [-0.2, 0) is 31.5 Å². The van der Waals surface area contributed by atoms with E-state index in [1.54, 1.807) is 0 Å². The maximum absolute atomic E-state index is 4.89. The quantitative estimate of drug-likeness (QED) is 0.218. The number of hydrogen-bond acceptors (Lipinski definition) is 2. The van der Waals surface area contributed by atoms with E-state index in [0.717, 1.165) is 44.8 Å². The van der Waals surface area contributed by atoms with Crippen LogP contribution in [0.15, 0.2) is 91.1 Å². The van der Waals surface area contributed by atoms with E-state index in [2.05, 4.69) is 128 Å². The number of nitrogens with zero attached hydrogens (tertiary/aromatic N) is 3. The van der Waals surface area contributed by atoms with Gasteiger partial charge in [-0.25, -0.2) is 4.98 Å². The van der Waals surface area contributed by atoms with E-state index >= 15 is 0 Å². The van der Waals surface area contributed by atoms with Crippen molar-refractivity contribution >= 4 is 0 Å². The lowest BCUT2D eigenvalue weighted by molar-refractivity contribution is 0.253. The number of benzene rings is 3. The van der Waals surface area contributed by atoms with Crippen LogP contribution in [0.5, 0.6) is 0 Å². The number of aromatic nitrogens is 2. The monoisotopic (exact) mass is 479 g/mol. The van der Waals surface area contributed by atoms with Gasteiger partial charge in [-0.1, -0.05) is 119 Å². The highest BCUT2D eigenvalue weighted by molar-refractivity contribution is 5.55. The van der Waals surface area contributed by atoms with Crippen LogP contribution in [0.1, 0.15) is 62.9 Å². The SMILES string of the molecule is CCCCn1c(CN(CCc2ccccc2)Cc2ccc(C(C)(C)C)cc2)cnc1-c1ccccc1. The van der Waals surface area contributed by atoms with Crippen LogP contribution in [0, 0.1) is 0 Å². The van der Waals surface area contributed by atoms with Crippen molar-refractivity contribution in [3.05, 3.63) is 114 Å². The average molecular weight is 480 g/mol. The van der Waals surface area contributed by atoms with Crippen LogP contribution in [0.4, 0.5) is 0 Å². The Balaban J connectivity index is 1.58. The van der Waals surface area contributed by atoms with Gasteiger partial charge in [0.1, 0.15) is 5.82 Å². The largest absolute Gasteiger partial charge is 0.327 e. The van der Waals surface area contributed by atoms with Crippen LogP contribution in [0.25, 0.3) is 11.4 Å². The van der Waals surface area contributed by atoms with Gasteiger partial charge in [-0.2, -0.15) is 0 Å². The van der Waals surface area contributed by atoms with E-state index in [1.807, 2.05) is 0 Å². The molecule has 0 spiro atoms. The maximum Gasteiger partial charge on any atom is 0.140 e. The summed E-state index contributed by atoms with van der Waals surface area (Å²) in [4.78, 5) is 7.47. The van der Waals surface area contributed by atoms with Crippen LogP contribution >= 0.6 is 0 Å². The summed E-state index contributed by atoms with van der Waals surface area (Å²) in [6.07, 6.45) is 5.46. The Labute approximate surface area is 217 Å². The molecule has 4 aromatic rings. The fraction of sp³-hybridized carbons (Fsp3) is 0.364. The minimum atomic E-state index is 0.172. The molecule has 0 aliphatic heterocycles. The van der Waals surface area contributed by atoms with Crippen LogP contribution < -0.4 is 0 Å². The van der Waals surface area contributed by atoms with Gasteiger partial charge < -0.3 is 4.57 Å². The fourth-order valence-corrected chi connectivity index (χ4v) is 4.66. The Hall–Kier alpha value is -3.17. The molecule has 1 aromatic heterocycles. The summed E-state index contributed by atoms with van der Waals surface area (Å²) >= 11 is 0. The molecule has 0 atom stereocenters. The molecule has 0 saturated heterocycles. The first-order valence-corrected chi connectivity index (χ1v) is 13.4. The molecule has 0 saturated carbocycles. The van der Waals surface area contributed by atoms with Crippen molar-refractivity contribution < 1.29 is 0 Å². The third kappa shape index (κ3) is 6.95. The van der Waals surface area contributed by atoms with Crippen molar-refractivity contribution in [1.82, 2.24) is 14.5 Å². The summed E-state index contributed by atoms with van der Waals surface area (Å²) < 4.78 is 2.44. The molecule has 0 bridgehead atoms. The predicted molar refractivity (Wildman–Crippen MR) is 152 cm³/mol. The van der Waals surface area contributed by atoms with E-state index in [4.69, 9.17) is 4.98 Å². The molecule has 0 unspecified atom stereocenters. The Kier molecular flexibility index (Phi) is 8.77. The van der Waals surface area contributed by atoms with Gasteiger partial charge in [-0.15, -0.1) is 0 Å². The third-order valence-corrected chi connectivity index (χ3v) is 6.88. The molecule has 0 aliphatic carbocycles. The maximum atomic E-state index is 4.89. The van der Waals surface area contributed by atoms with E-state index in [-0.39, 0.29) is 5.41 Å². The van der Waals surface area contributed by atoms with E-state index < -0.39 is 0 Å². The first-order chi connectivity index (χ1) is 17.4. The Morgan fingerprint density at radius 1 is 0.778 bits per heavy atom. The lowest BCUT2D eigenvalue weighted by Gasteiger charge is -2.25. The fourth-order valence-electron chi connectivity index (χ4n) is 4.66. The second-order valence-corrected chi connectivity index (χ2v) is 10.8. The van der Waals surface area contributed by atoms with Gasteiger partial charge >= 0.3 is 0 Å². The van der Waals surface area contributed by atoms with Crippen molar-refractivity contribution in [2.45, 2.75) is 72.0 Å². The topological polar surface area (TPSA) is 21.1 Å². The van der Waals surface area contributed by atoms with E-state index in [0.29, 0.717) is 0 Å². The minimum Gasteiger partial charge on any atom is -0.327 e. The van der Waals surface area contributed by atoms with Crippen molar-refractivity contribution in [2.24, 2.45) is 0 Å². The van der Waals surface area contributed by atoms with Crippen molar-refractivity contribution in [3.8, 4) is 11.4 Å². The third-order valence-electron chi connectivity index (χ3n) is 6.88. The number of imidazole rings is 1. The second kappa shape index (κ2) is 12.2. The predicted octanol–water partition coefficient (Wildman–Crippen LogP) is 7.89. The molecule has 188 valence electrons. The molecule has 4 rings (SSSR count). The smallest absolute Gasteiger partial charge is 0.140 e. The molecule has 0 fully saturated rings. The summed E-state index contributed by atoms with van der Waals surface area (Å²) in [5.41, 5.74) is 6.78. The van der Waals surface area contributed by atoms with Gasteiger partial charge in [0, 0.05) is 31.7 Å². The zero-order valence-corrected chi connectivity index (χ0v) is 22.5. The normalized spacial score (nSPS) is 11.8. The summed E-state index contributed by atoms with van der Waals surface area (Å²) in [5, 5.41) is 0. The van der Waals surface area contributed by atoms with Gasteiger partial charge in [0.25, 0.3) is 0 Å². The summed E-state index contributed by atoms with van der Waals surface area (Å²) in [6, 6.07) is 30.6. The standard InChI is InChI=1S/C33H41N3/c1-5-6-22-36-31(24-34-32(36)29-15-11-8-12-16-29)26-35(23-21-27-13-9-7-10-14-27)25-28-17-19-30(20-18-28)33(2,3)4/h7-20,24H,5-6,21-23,25-26H2,1-4H3. The molecule has 0 amide bonds. The highest BCUT2D eigenvalue weighted by Gasteiger charge is 2.17. The first kappa shape index (κ1) is 25.9. The van der Waals surface area contributed by atoms with Crippen molar-refractivity contribution in [1.29, 1.82) is 0 Å². The average Bonchev–Trinajstić information content (AvgIpc) is 3.29. The lowest BCUT2D eigenvalue weighted by Crippen LogP contribution is -2.27. The molecular weight excluding hydrogens is 438 g/mol. The van der Waals surface area contributed by atoms with Gasteiger partial charge in [0.05, 0.1) is 11.9 Å². The van der Waals surface area contributed by atoms with Gasteiger partial charge in [0.2, 0.25) is 0 Å². The summed E-state index contributed by atoms with van der Waals surface area (Å²) in [5.74, 6) is 1.08. The van der Waals surface area contributed by atoms with Gasteiger partial charge in [-0.3, -0.25) is 4.90 Å². The minimum absolute atomic E-state index is 0.172. The molecule has 36 heavy (non-hydrogen) atoms. The molecule has 0 N–H and O–H groups in total. The van der Waals surface area contributed by atoms with Crippen LogP contribution in [-0.4, -0.2) is 21.0 Å². The number of unbranched alkanes of at least 4 members (excludes halogenated alkanes) is 1. The van der Waals surface area contributed by atoms with Crippen molar-refractivity contribution in [2.75, 3.05) is 6.54 Å². The highest BCUT2D eigenvalue weighted by Crippen LogP contribution is 2.24. The Bertz CT molecular complexity index is 1190. The molecule has 3 nitrogen and oxygen atoms in total. The van der Waals surface area contributed by atoms with Crippen LogP contribution in [0.2, 0.25) is 0 Å². The summed E-state index contributed by atoms with van der Waals surface area (Å²) in [7, 11) is 0. The summed E-state index contributed by atoms with van der Waals surface area (Å²) in [6.45, 7) is 12.9. The molecule has 3 heteroatoms. The van der Waals surface area contributed by atoms with Crippen LogP contribution in [0.3, 0.4) is 0 Å². The zero-order chi connectivity index (χ0) is 25.4. The first-order valence-electron chi connectivity index (χ1n) is 13.4. The molecule has 0 radical (unpaired) electrons. The molecule has 3 aromatic carbocycles. The molecule has 1 heterocycles. The second-order valence-electron chi connectivity index (χ2n) is 10.8. The zero-order valence-electron chi connectivity index (χ0n) is 22.5. The molecule has 0 aliphatic rings. The highest BCUT2D eigenvalue weighted by atomic mass is 15.2. The van der Waals surface area contributed by atoms with Gasteiger partial charge in [-0.05, 0) is 34.9 Å². The Morgan fingerprint density at radius 3 is 2.08 bits per heavy atom. The number of hydrogen-bond donors (Lipinski definition) is 0. The van der Waals surface area contributed by atoms with Crippen molar-refractivity contribution in [3.63, 3.8) is 0 Å². The molecular formula is C33H41N3. The van der Waals surface area contributed by atoms with Gasteiger partial charge in [0.15, 0.2) is 0 Å². The lowest BCUT2D eigenvalue weighted by atomic mass is 9.87.